The number of halogens is 1. The maximum absolute atomic E-state index is 5.61. The first-order chi connectivity index (χ1) is 8.66. The highest BCUT2D eigenvalue weighted by Gasteiger charge is 2.14. The van der Waals surface area contributed by atoms with Crippen molar-refractivity contribution in [1.29, 1.82) is 0 Å². The molecule has 2 nitrogen and oxygen atoms in total. The second kappa shape index (κ2) is 6.78. The summed E-state index contributed by atoms with van der Waals surface area (Å²) in [5.41, 5.74) is 7.62. The lowest BCUT2D eigenvalue weighted by atomic mass is 10.1. The summed E-state index contributed by atoms with van der Waals surface area (Å²) in [4.78, 5) is 0.435. The lowest BCUT2D eigenvalue weighted by Gasteiger charge is -2.22. The second-order valence-corrected chi connectivity index (χ2v) is 7.13. The summed E-state index contributed by atoms with van der Waals surface area (Å²) in [5, 5.41) is 4.23. The summed E-state index contributed by atoms with van der Waals surface area (Å²) >= 11 is 10.6. The molecule has 3 N–H and O–H groups in total. The van der Waals surface area contributed by atoms with E-state index in [9.17, 15) is 0 Å². The van der Waals surface area contributed by atoms with Gasteiger partial charge in [-0.2, -0.15) is 11.8 Å². The average molecular weight is 345 g/mol. The minimum absolute atomic E-state index is 0.435. The van der Waals surface area contributed by atoms with Gasteiger partial charge < -0.3 is 11.1 Å². The Morgan fingerprint density at radius 2 is 2.33 bits per heavy atom. The molecule has 0 spiro atoms. The highest BCUT2D eigenvalue weighted by atomic mass is 79.9. The molecule has 98 valence electrons. The van der Waals surface area contributed by atoms with Gasteiger partial charge in [0.1, 0.15) is 4.99 Å². The van der Waals surface area contributed by atoms with Gasteiger partial charge in [0, 0.05) is 27.5 Å². The van der Waals surface area contributed by atoms with Crippen molar-refractivity contribution >= 4 is 50.6 Å². The van der Waals surface area contributed by atoms with E-state index < -0.39 is 0 Å². The van der Waals surface area contributed by atoms with Gasteiger partial charge in [-0.25, -0.2) is 0 Å². The molecule has 5 heteroatoms. The van der Waals surface area contributed by atoms with Crippen molar-refractivity contribution in [2.75, 3.05) is 17.6 Å². The normalized spacial score (nSPS) is 19.5. The zero-order valence-electron chi connectivity index (χ0n) is 10.1. The lowest BCUT2D eigenvalue weighted by Crippen LogP contribution is -2.20. The number of thioether (sulfide) groups is 1. The van der Waals surface area contributed by atoms with Crippen LogP contribution in [0.5, 0.6) is 0 Å². The second-order valence-electron chi connectivity index (χ2n) is 4.43. The van der Waals surface area contributed by atoms with Crippen LogP contribution in [0, 0.1) is 0 Å². The first-order valence-electron chi connectivity index (χ1n) is 6.11. The number of nitrogens with two attached hydrogens (primary N) is 1. The fraction of sp³-hybridized carbons (Fsp3) is 0.462. The van der Waals surface area contributed by atoms with Crippen LogP contribution in [0.1, 0.15) is 24.8 Å². The van der Waals surface area contributed by atoms with Crippen LogP contribution in [0.4, 0.5) is 5.69 Å². The highest BCUT2D eigenvalue weighted by molar-refractivity contribution is 9.10. The van der Waals surface area contributed by atoms with Crippen LogP contribution in [0.15, 0.2) is 22.7 Å². The quantitative estimate of drug-likeness (QED) is 0.815. The molecule has 18 heavy (non-hydrogen) atoms. The lowest BCUT2D eigenvalue weighted by molar-refractivity contribution is 0.677. The van der Waals surface area contributed by atoms with E-state index in [-0.39, 0.29) is 0 Å². The highest BCUT2D eigenvalue weighted by Crippen LogP contribution is 2.27. The van der Waals surface area contributed by atoms with Gasteiger partial charge in [0.15, 0.2) is 0 Å². The molecule has 0 radical (unpaired) electrons. The molecule has 2 rings (SSSR count). The SMILES string of the molecule is NC(=S)c1ccc(NCC2CCCCS2)c(Br)c1. The minimum Gasteiger partial charge on any atom is -0.389 e. The number of hydrogen-bond donors (Lipinski definition) is 2. The Kier molecular flexibility index (Phi) is 5.33. The molecule has 0 amide bonds. The molecule has 1 aliphatic rings. The molecular formula is C13H17BrN2S2. The molecule has 1 unspecified atom stereocenters. The topological polar surface area (TPSA) is 38.0 Å². The van der Waals surface area contributed by atoms with Gasteiger partial charge in [-0.3, -0.25) is 0 Å². The molecule has 0 aromatic heterocycles. The van der Waals surface area contributed by atoms with Crippen molar-refractivity contribution < 1.29 is 0 Å². The van der Waals surface area contributed by atoms with Gasteiger partial charge in [-0.15, -0.1) is 0 Å². The van der Waals surface area contributed by atoms with Gasteiger partial charge in [0.05, 0.1) is 0 Å². The van der Waals surface area contributed by atoms with Crippen LogP contribution in [0.3, 0.4) is 0 Å². The van der Waals surface area contributed by atoms with E-state index >= 15 is 0 Å². The Morgan fingerprint density at radius 1 is 1.50 bits per heavy atom. The standard InChI is InChI=1S/C13H17BrN2S2/c14-11-7-9(13(15)17)4-5-12(11)16-8-10-3-1-2-6-18-10/h4-5,7,10,16H,1-3,6,8H2,(H2,15,17). The first-order valence-corrected chi connectivity index (χ1v) is 8.36. The number of hydrogen-bond acceptors (Lipinski definition) is 3. The molecule has 0 saturated carbocycles. The number of thiocarbonyl (C=S) groups is 1. The molecule has 1 aromatic rings. The van der Waals surface area contributed by atoms with E-state index in [0.29, 0.717) is 4.99 Å². The van der Waals surface area contributed by atoms with E-state index in [0.717, 1.165) is 27.5 Å². The van der Waals surface area contributed by atoms with Crippen LogP contribution in [0.2, 0.25) is 0 Å². The number of rotatable bonds is 4. The average Bonchev–Trinajstić information content (AvgIpc) is 2.38. The summed E-state index contributed by atoms with van der Waals surface area (Å²) in [7, 11) is 0. The molecule has 0 aliphatic carbocycles. The molecule has 0 bridgehead atoms. The Balaban J connectivity index is 1.94. The van der Waals surface area contributed by atoms with Crippen molar-refractivity contribution in [3.8, 4) is 0 Å². The smallest absolute Gasteiger partial charge is 0.104 e. The fourth-order valence-electron chi connectivity index (χ4n) is 2.00. The van der Waals surface area contributed by atoms with Gasteiger partial charge in [-0.05, 0) is 52.7 Å². The predicted octanol–water partition coefficient (Wildman–Crippen LogP) is 3.78. The van der Waals surface area contributed by atoms with Gasteiger partial charge in [0.25, 0.3) is 0 Å². The van der Waals surface area contributed by atoms with E-state index in [1.807, 2.05) is 18.2 Å². The van der Waals surface area contributed by atoms with E-state index in [1.165, 1.54) is 25.0 Å². The minimum atomic E-state index is 0.435. The van der Waals surface area contributed by atoms with Crippen molar-refractivity contribution in [2.24, 2.45) is 5.73 Å². The van der Waals surface area contributed by atoms with Crippen molar-refractivity contribution in [2.45, 2.75) is 24.5 Å². The third-order valence-electron chi connectivity index (χ3n) is 3.05. The Hall–Kier alpha value is -0.260. The fourth-order valence-corrected chi connectivity index (χ4v) is 3.89. The summed E-state index contributed by atoms with van der Waals surface area (Å²) in [6, 6.07) is 5.97. The van der Waals surface area contributed by atoms with Crippen LogP contribution in [-0.2, 0) is 0 Å². The van der Waals surface area contributed by atoms with Gasteiger partial charge in [-0.1, -0.05) is 18.6 Å². The maximum Gasteiger partial charge on any atom is 0.104 e. The summed E-state index contributed by atoms with van der Waals surface area (Å²) < 4.78 is 1.02. The number of anilines is 1. The van der Waals surface area contributed by atoms with Crippen molar-refractivity contribution in [3.63, 3.8) is 0 Å². The molecule has 1 fully saturated rings. The number of benzene rings is 1. The Morgan fingerprint density at radius 3 is 2.94 bits per heavy atom. The Bertz CT molecular complexity index is 431. The molecular weight excluding hydrogens is 328 g/mol. The Labute approximate surface area is 126 Å². The summed E-state index contributed by atoms with van der Waals surface area (Å²) in [5.74, 6) is 1.30. The van der Waals surface area contributed by atoms with Crippen LogP contribution >= 0.6 is 39.9 Å². The zero-order valence-corrected chi connectivity index (χ0v) is 13.3. The zero-order chi connectivity index (χ0) is 13.0. The molecule has 1 aromatic carbocycles. The molecule has 1 aliphatic heterocycles. The van der Waals surface area contributed by atoms with E-state index in [4.69, 9.17) is 18.0 Å². The van der Waals surface area contributed by atoms with E-state index in [1.54, 1.807) is 0 Å². The predicted molar refractivity (Wildman–Crippen MR) is 88.6 cm³/mol. The maximum atomic E-state index is 5.61. The third-order valence-corrected chi connectivity index (χ3v) is 5.34. The van der Waals surface area contributed by atoms with Crippen molar-refractivity contribution in [3.05, 3.63) is 28.2 Å². The third kappa shape index (κ3) is 3.87. The van der Waals surface area contributed by atoms with Crippen LogP contribution in [-0.4, -0.2) is 22.5 Å². The largest absolute Gasteiger partial charge is 0.389 e. The van der Waals surface area contributed by atoms with E-state index in [2.05, 4.69) is 33.0 Å². The number of nitrogens with one attached hydrogen (secondary N) is 1. The first kappa shape index (κ1) is 14.2. The van der Waals surface area contributed by atoms with Crippen LogP contribution < -0.4 is 11.1 Å². The van der Waals surface area contributed by atoms with Gasteiger partial charge >= 0.3 is 0 Å². The molecule has 1 saturated heterocycles. The van der Waals surface area contributed by atoms with Crippen LogP contribution in [0.25, 0.3) is 0 Å². The van der Waals surface area contributed by atoms with Gasteiger partial charge in [0.2, 0.25) is 0 Å². The summed E-state index contributed by atoms with van der Waals surface area (Å²) in [6.07, 6.45) is 4.05. The van der Waals surface area contributed by atoms with Crippen molar-refractivity contribution in [1.82, 2.24) is 0 Å². The monoisotopic (exact) mass is 344 g/mol. The summed E-state index contributed by atoms with van der Waals surface area (Å²) in [6.45, 7) is 1.02. The molecule has 1 atom stereocenters. The molecule has 1 heterocycles.